The number of esters is 11. The lowest BCUT2D eigenvalue weighted by molar-refractivity contribution is -0.256. The first-order valence-corrected chi connectivity index (χ1v) is 49.8. The molecule has 0 saturated carbocycles. The third-order valence-electron chi connectivity index (χ3n) is 24.1. The number of aliphatic hydroxyl groups excluding tert-OH is 3. The average Bonchev–Trinajstić information content (AvgIpc) is 0.785. The number of aliphatic hydroxyl groups is 3. The topological polar surface area (TPSA) is 715 Å². The lowest BCUT2D eigenvalue weighted by atomic mass is 9.79. The van der Waals surface area contributed by atoms with Crippen molar-refractivity contribution >= 4 is 99.1 Å². The molecular formula is C94H158BrN11O42. The summed E-state index contributed by atoms with van der Waals surface area (Å²) in [7, 11) is 0. The molecule has 0 aromatic carbocycles. The second kappa shape index (κ2) is 77.1. The summed E-state index contributed by atoms with van der Waals surface area (Å²) in [6.07, 6.45) is -11.3. The highest BCUT2D eigenvalue weighted by atomic mass is 79.9. The Balaban J connectivity index is 0.000000907. The minimum Gasteiger partial charge on any atom is -0.463 e. The molecule has 6 heterocycles. The Hall–Kier alpha value is -9.33. The number of nitrogens with one attached hydrogen (secondary N) is 1. The Labute approximate surface area is 870 Å². The highest BCUT2D eigenvalue weighted by Gasteiger charge is 2.51. The van der Waals surface area contributed by atoms with Crippen molar-refractivity contribution in [2.24, 2.45) is 80.3 Å². The zero-order valence-electron chi connectivity index (χ0n) is 88.9. The smallest absolute Gasteiger partial charge is 0.305 e. The van der Waals surface area contributed by atoms with Crippen molar-refractivity contribution in [1.29, 1.82) is 0 Å². The molecule has 848 valence electrons. The summed E-state index contributed by atoms with van der Waals surface area (Å²) in [4.78, 5) is 167. The van der Waals surface area contributed by atoms with Crippen molar-refractivity contribution in [2.45, 2.75) is 299 Å². The number of ether oxygens (including phenoxy) is 25. The summed E-state index contributed by atoms with van der Waals surface area (Å²) >= 11 is 3.43. The Morgan fingerprint density at radius 2 is 0.622 bits per heavy atom. The van der Waals surface area contributed by atoms with Gasteiger partial charge in [0.2, 0.25) is 12.2 Å². The Morgan fingerprint density at radius 1 is 0.324 bits per heavy atom. The van der Waals surface area contributed by atoms with Gasteiger partial charge in [0.15, 0.2) is 0 Å². The van der Waals surface area contributed by atoms with Gasteiger partial charge in [-0.3, -0.25) is 67.1 Å². The van der Waals surface area contributed by atoms with Crippen molar-refractivity contribution in [2.75, 3.05) is 158 Å². The van der Waals surface area contributed by atoms with Gasteiger partial charge in [-0.25, -0.2) is 0 Å². The first-order chi connectivity index (χ1) is 69.9. The van der Waals surface area contributed by atoms with Crippen molar-refractivity contribution in [3.63, 3.8) is 0 Å². The molecule has 6 N–H and O–H groups in total. The van der Waals surface area contributed by atoms with Crippen LogP contribution in [-0.4, -0.2) is 378 Å². The highest BCUT2D eigenvalue weighted by molar-refractivity contribution is 9.09. The maximum absolute atomic E-state index is 12.5. The van der Waals surface area contributed by atoms with Gasteiger partial charge in [0.05, 0.1) is 137 Å². The molecule has 6 saturated heterocycles. The second-order valence-corrected chi connectivity index (χ2v) is 36.6. The summed E-state index contributed by atoms with van der Waals surface area (Å²) in [5.74, 6) is -6.19. The fourth-order valence-corrected chi connectivity index (χ4v) is 16.2. The molecule has 0 spiro atoms. The van der Waals surface area contributed by atoms with Crippen LogP contribution in [0.5, 0.6) is 0 Å². The summed E-state index contributed by atoms with van der Waals surface area (Å²) < 4.78 is 133. The Kier molecular flexibility index (Phi) is 71.2. The number of halogens is 1. The molecule has 148 heavy (non-hydrogen) atoms. The number of Topliss-reactive ketones (excluding diaryl/α,β-unsaturated/α-hetero) is 2. The van der Waals surface area contributed by atoms with Crippen molar-refractivity contribution in [1.82, 2.24) is 5.32 Å². The van der Waals surface area contributed by atoms with E-state index in [1.807, 2.05) is 55.4 Å². The van der Waals surface area contributed by atoms with Gasteiger partial charge in [0.25, 0.3) is 0 Å². The van der Waals surface area contributed by atoms with Gasteiger partial charge in [-0.15, -0.1) is 0 Å². The van der Waals surface area contributed by atoms with Crippen LogP contribution in [-0.2, 0) is 186 Å². The van der Waals surface area contributed by atoms with Gasteiger partial charge in [-0.1, -0.05) is 101 Å². The minimum atomic E-state index is -1.16. The predicted molar refractivity (Wildman–Crippen MR) is 518 cm³/mol. The normalized spacial score (nSPS) is 29.2. The number of nitrogens with two attached hydrogens (primary N) is 1. The van der Waals surface area contributed by atoms with Gasteiger partial charge in [-0.05, 0) is 34.3 Å². The molecule has 30 unspecified atom stereocenters. The molecule has 6 fully saturated rings. The zero-order chi connectivity index (χ0) is 112. The summed E-state index contributed by atoms with van der Waals surface area (Å²) in [5, 5.41) is 41.9. The van der Waals surface area contributed by atoms with Gasteiger partial charge < -0.3 is 145 Å². The summed E-state index contributed by atoms with van der Waals surface area (Å²) in [6.45, 7) is 40.6. The first kappa shape index (κ1) is 137. The lowest BCUT2D eigenvalue weighted by Gasteiger charge is -2.44. The Morgan fingerprint density at radius 3 is 0.959 bits per heavy atom. The molecule has 0 aliphatic carbocycles. The van der Waals surface area contributed by atoms with E-state index in [0.29, 0.717) is 106 Å². The maximum Gasteiger partial charge on any atom is 0.305 e. The maximum atomic E-state index is 12.5. The van der Waals surface area contributed by atoms with Gasteiger partial charge in [-0.2, -0.15) is 0 Å². The first-order valence-electron chi connectivity index (χ1n) is 48.9. The lowest BCUT2D eigenvalue weighted by Crippen LogP contribution is -2.62. The monoisotopic (exact) mass is 2190 g/mol. The van der Waals surface area contributed by atoms with Crippen LogP contribution >= 0.6 is 15.9 Å². The number of rotatable bonds is 53. The van der Waals surface area contributed by atoms with Crippen molar-refractivity contribution in [3.05, 3.63) is 31.3 Å². The fourth-order valence-electron chi connectivity index (χ4n) is 15.5. The number of carbonyl (C=O) groups is 14. The molecule has 0 aromatic heterocycles. The largest absolute Gasteiger partial charge is 0.463 e. The van der Waals surface area contributed by atoms with E-state index in [2.05, 4.69) is 51.3 Å². The third kappa shape index (κ3) is 56.7. The summed E-state index contributed by atoms with van der Waals surface area (Å²) in [5.41, 5.74) is 30.6. The van der Waals surface area contributed by atoms with Crippen LogP contribution in [0.3, 0.4) is 0 Å². The number of hydrogen-bond donors (Lipinski definition) is 5. The van der Waals surface area contributed by atoms with Gasteiger partial charge >= 0.3 is 65.7 Å². The molecule has 6 aliphatic heterocycles. The number of carbonyl (C=O) groups excluding carboxylic acids is 14. The van der Waals surface area contributed by atoms with E-state index in [1.165, 1.54) is 83.1 Å². The van der Waals surface area contributed by atoms with Crippen LogP contribution in [0.4, 0.5) is 0 Å². The van der Waals surface area contributed by atoms with Crippen LogP contribution in [0.2, 0.25) is 0 Å². The number of ketones is 2. The molecule has 30 atom stereocenters. The SMILES string of the molecule is CC(=O)NC1C(OC(C)=O)OC(COC(C)=O)C(OC(C)=O)C1C.CC(=O)OCC1OC(Br)C(C)C(C)C1OC(C)=O.CC(=O)OCC1OC(CC(=O)CCOCCOCCOCCOCCN=[N+]=[N-])C(C)C(C)C1OC(C)=O.CC(=O)OCC1OC(N)C(C)C(C)C1OC(C)=O.CC(=O)OCC1OC(N=[N+]=[N-])C(C)C(C)C1OC(C)=O.CC1C(CC(=O)CCOCCOCCOCCOCCN=[N+]=[N-])OC(CO)C(O)C1O. The van der Waals surface area contributed by atoms with E-state index in [0.717, 1.165) is 0 Å². The minimum absolute atomic E-state index is 0.00260. The molecular weight excluding hydrogens is 2030 g/mol. The molecule has 0 bridgehead atoms. The van der Waals surface area contributed by atoms with Crippen molar-refractivity contribution < 1.29 is 201 Å². The summed E-state index contributed by atoms with van der Waals surface area (Å²) in [6, 6.07) is -0.718. The Bertz CT molecular complexity index is 4050. The van der Waals surface area contributed by atoms with Crippen LogP contribution in [0.1, 0.15) is 178 Å². The second-order valence-electron chi connectivity index (χ2n) is 35.7. The van der Waals surface area contributed by atoms with Gasteiger partial charge in [0, 0.05) is 178 Å². The van der Waals surface area contributed by atoms with Crippen molar-refractivity contribution in [3.8, 4) is 0 Å². The van der Waals surface area contributed by atoms with Crippen LogP contribution < -0.4 is 11.1 Å². The van der Waals surface area contributed by atoms with Crippen LogP contribution in [0, 0.1) is 59.2 Å². The standard InChI is InChI=1S/C24H41N3O10.C19H35N3O9.C15H23NO8.C12H19BrO5.C12H19N3O5.C12H21NO5/c1-17-18(2)24(36-20(4)29)23(16-35-19(3)28)37-22(17)15-21(30)5-7-31-9-11-33-13-14-34-12-10-32-8-6-26-27-25;1-14-16(31-17(13-23)19(26)18(14)25)12-15(24)2-4-27-6-8-29-10-11-30-9-7-28-5-3-21-22-20;1-7-13(16-8(2)17)15(23-11(5)20)24-12(6-21-9(3)18)14(7)22-10(4)19;1-6-7(2)12(13)18-10(5-16-8(3)14)11(6)17-9(4)15;1-6-7(2)12(14-15-13)20-10(5-18-8(3)16)11(6)19-9(4)17;1-6-7(2)12(13)18-10(5-16-8(3)14)11(6)17-9(4)15/h17-18,22-24H,5-16H2,1-4H3;14,16-19,23,25-26H,2-13H2,1H3;7,12-15H,6H2,1-5H3,(H,16,17);6-7,10-12H,5H2,1-4H3;6-7,10-12H,5H2,1-4H3;6-7,10-12H,5,13H2,1-4H3. The number of hydrogen-bond acceptors (Lipinski definition) is 46. The third-order valence-corrected chi connectivity index (χ3v) is 25.1. The van der Waals surface area contributed by atoms with E-state index < -0.39 is 176 Å². The number of alkyl halides is 1. The predicted octanol–water partition coefficient (Wildman–Crippen LogP) is 6.09. The van der Waals surface area contributed by atoms with E-state index in [-0.39, 0.29) is 166 Å². The van der Waals surface area contributed by atoms with E-state index >= 15 is 0 Å². The molecule has 54 heteroatoms. The highest BCUT2D eigenvalue weighted by Crippen LogP contribution is 2.40. The zero-order valence-corrected chi connectivity index (χ0v) is 90.4. The molecule has 6 rings (SSSR count). The van der Waals surface area contributed by atoms with E-state index in [1.54, 1.807) is 13.8 Å². The number of amides is 1. The fraction of sp³-hybridized carbons (Fsp3) is 0.851. The number of azide groups is 3. The van der Waals surface area contributed by atoms with Gasteiger partial charge in [0.1, 0.15) is 135 Å². The van der Waals surface area contributed by atoms with E-state index in [4.69, 9.17) is 141 Å². The molecule has 1 amide bonds. The average molecular weight is 2190 g/mol. The van der Waals surface area contributed by atoms with Crippen LogP contribution in [0.25, 0.3) is 31.3 Å². The molecule has 6 aliphatic rings. The molecule has 0 radical (unpaired) electrons. The molecule has 53 nitrogen and oxygen atoms in total. The van der Waals surface area contributed by atoms with Crippen LogP contribution in [0.15, 0.2) is 15.3 Å². The molecule has 0 aromatic rings. The number of nitrogens with zero attached hydrogens (tertiary/aromatic N) is 9. The van der Waals surface area contributed by atoms with E-state index in [9.17, 15) is 82.4 Å². The quantitative estimate of drug-likeness (QED) is 0.00875.